The third-order valence-corrected chi connectivity index (χ3v) is 4.36. The van der Waals surface area contributed by atoms with E-state index in [2.05, 4.69) is 0 Å². The summed E-state index contributed by atoms with van der Waals surface area (Å²) < 4.78 is 4.86. The minimum atomic E-state index is -1.00. The first kappa shape index (κ1) is 23.1. The van der Waals surface area contributed by atoms with Crippen molar-refractivity contribution >= 4 is 0 Å². The van der Waals surface area contributed by atoms with Gasteiger partial charge in [0.15, 0.2) is 0 Å². The van der Waals surface area contributed by atoms with Crippen molar-refractivity contribution < 1.29 is 29.9 Å². The van der Waals surface area contributed by atoms with E-state index in [-0.39, 0.29) is 36.7 Å². The van der Waals surface area contributed by atoms with Crippen LogP contribution in [0.1, 0.15) is 39.4 Å². The molecule has 0 fully saturated rings. The maximum absolute atomic E-state index is 11.2. The van der Waals surface area contributed by atoms with E-state index in [0.29, 0.717) is 0 Å². The summed E-state index contributed by atoms with van der Waals surface area (Å²) in [5, 5.41) is 49.4. The summed E-state index contributed by atoms with van der Waals surface area (Å²) in [6.07, 6.45) is 1.44. The molecule has 5 N–H and O–H groups in total. The lowest BCUT2D eigenvalue weighted by molar-refractivity contribution is 0.0495. The van der Waals surface area contributed by atoms with Gasteiger partial charge in [-0.2, -0.15) is 0 Å². The van der Waals surface area contributed by atoms with Crippen LogP contribution in [0.5, 0.6) is 5.75 Å². The Balaban J connectivity index is 2.49. The third-order valence-electron chi connectivity index (χ3n) is 4.36. The minimum Gasteiger partial charge on any atom is -0.508 e. The first-order valence-electron chi connectivity index (χ1n) is 8.98. The van der Waals surface area contributed by atoms with Crippen LogP contribution in [-0.2, 0) is 6.42 Å². The Morgan fingerprint density at radius 2 is 1.78 bits per heavy atom. The molecule has 7 nitrogen and oxygen atoms in total. The maximum atomic E-state index is 11.2. The first-order valence-corrected chi connectivity index (χ1v) is 8.98. The van der Waals surface area contributed by atoms with Crippen molar-refractivity contribution in [3.63, 3.8) is 0 Å². The van der Waals surface area contributed by atoms with Gasteiger partial charge in [-0.05, 0) is 25.8 Å². The Kier molecular flexibility index (Phi) is 9.45. The molecule has 0 aliphatic heterocycles. The van der Waals surface area contributed by atoms with Crippen LogP contribution in [0.4, 0.5) is 0 Å². The van der Waals surface area contributed by atoms with E-state index in [1.165, 1.54) is 12.1 Å². The molecular formula is C20H30O7. The summed E-state index contributed by atoms with van der Waals surface area (Å²) >= 11 is 0. The molecule has 0 spiro atoms. The lowest BCUT2D eigenvalue weighted by Gasteiger charge is -2.18. The van der Waals surface area contributed by atoms with Gasteiger partial charge in [0.25, 0.3) is 0 Å². The second kappa shape index (κ2) is 11.0. The monoisotopic (exact) mass is 382 g/mol. The second-order valence-corrected chi connectivity index (χ2v) is 6.87. The SMILES string of the molecule is CC=C(C)C(O)C(C)C=CC(O)CC(O)CC(O)Cc1cc(O)cc(=O)o1. The van der Waals surface area contributed by atoms with Crippen molar-refractivity contribution in [3.8, 4) is 5.75 Å². The molecule has 27 heavy (non-hydrogen) atoms. The van der Waals surface area contributed by atoms with Gasteiger partial charge in [-0.25, -0.2) is 4.79 Å². The van der Waals surface area contributed by atoms with Crippen LogP contribution in [0.3, 0.4) is 0 Å². The average Bonchev–Trinajstić information content (AvgIpc) is 2.56. The summed E-state index contributed by atoms with van der Waals surface area (Å²) in [6.45, 7) is 5.49. The molecule has 5 atom stereocenters. The normalized spacial score (nSPS) is 18.3. The fraction of sp³-hybridized carbons (Fsp3) is 0.550. The van der Waals surface area contributed by atoms with Gasteiger partial charge in [-0.1, -0.05) is 25.2 Å². The zero-order chi connectivity index (χ0) is 20.6. The Hall–Kier alpha value is -1.93. The number of aliphatic hydroxyl groups excluding tert-OH is 4. The molecule has 1 heterocycles. The third kappa shape index (κ3) is 8.53. The Labute approximate surface area is 158 Å². The average molecular weight is 382 g/mol. The fourth-order valence-electron chi connectivity index (χ4n) is 2.69. The molecule has 152 valence electrons. The number of hydrogen-bond acceptors (Lipinski definition) is 7. The Morgan fingerprint density at radius 1 is 1.11 bits per heavy atom. The summed E-state index contributed by atoms with van der Waals surface area (Å²) in [6, 6.07) is 2.15. The molecule has 0 saturated heterocycles. The van der Waals surface area contributed by atoms with E-state index in [9.17, 15) is 30.3 Å². The van der Waals surface area contributed by atoms with Crippen LogP contribution in [0.15, 0.2) is 45.1 Å². The van der Waals surface area contributed by atoms with E-state index in [1.54, 1.807) is 6.08 Å². The molecule has 0 bridgehead atoms. The fourth-order valence-corrected chi connectivity index (χ4v) is 2.69. The zero-order valence-corrected chi connectivity index (χ0v) is 15.9. The van der Waals surface area contributed by atoms with Crippen molar-refractivity contribution in [2.45, 2.75) is 64.4 Å². The lowest BCUT2D eigenvalue weighted by Crippen LogP contribution is -2.24. The van der Waals surface area contributed by atoms with Gasteiger partial charge in [0.2, 0.25) is 0 Å². The van der Waals surface area contributed by atoms with Gasteiger partial charge in [0.05, 0.1) is 30.5 Å². The molecule has 0 aromatic carbocycles. The number of rotatable bonds is 10. The van der Waals surface area contributed by atoms with Crippen molar-refractivity contribution in [2.75, 3.05) is 0 Å². The quantitative estimate of drug-likeness (QED) is 0.385. The van der Waals surface area contributed by atoms with E-state index in [4.69, 9.17) is 4.42 Å². The number of hydrogen-bond donors (Lipinski definition) is 5. The van der Waals surface area contributed by atoms with Crippen molar-refractivity contribution in [3.05, 3.63) is 52.1 Å². The molecule has 0 aliphatic carbocycles. The predicted octanol–water partition coefficient (Wildman–Crippen LogP) is 1.27. The molecule has 5 unspecified atom stereocenters. The lowest BCUT2D eigenvalue weighted by atomic mass is 9.96. The summed E-state index contributed by atoms with van der Waals surface area (Å²) in [4.78, 5) is 11.2. The highest BCUT2D eigenvalue weighted by Gasteiger charge is 2.18. The summed E-state index contributed by atoms with van der Waals surface area (Å²) in [5.74, 6) is -0.325. The van der Waals surface area contributed by atoms with Crippen LogP contribution in [0, 0.1) is 5.92 Å². The standard InChI is InChI=1S/C20H30O7/c1-4-12(2)20(26)13(3)5-6-14(21)7-15(22)8-16(23)9-18-10-17(24)11-19(25)27-18/h4-6,10-11,13-16,20-24,26H,7-9H2,1-3H3. The number of allylic oxidation sites excluding steroid dienone is 1. The van der Waals surface area contributed by atoms with E-state index in [1.807, 2.05) is 26.8 Å². The highest BCUT2D eigenvalue weighted by molar-refractivity contribution is 5.18. The van der Waals surface area contributed by atoms with Crippen LogP contribution in [0.2, 0.25) is 0 Å². The Morgan fingerprint density at radius 3 is 2.37 bits per heavy atom. The smallest absolute Gasteiger partial charge is 0.339 e. The number of aliphatic hydroxyl groups is 4. The molecule has 1 aromatic rings. The molecule has 1 rings (SSSR count). The van der Waals surface area contributed by atoms with Gasteiger partial charge in [-0.3, -0.25) is 0 Å². The number of aromatic hydroxyl groups is 1. The first-order chi connectivity index (χ1) is 12.6. The summed E-state index contributed by atoms with van der Waals surface area (Å²) in [5.41, 5.74) is 0.117. The van der Waals surface area contributed by atoms with Gasteiger partial charge in [-0.15, -0.1) is 0 Å². The van der Waals surface area contributed by atoms with E-state index >= 15 is 0 Å². The van der Waals surface area contributed by atoms with Crippen molar-refractivity contribution in [1.29, 1.82) is 0 Å². The predicted molar refractivity (Wildman–Crippen MR) is 101 cm³/mol. The van der Waals surface area contributed by atoms with Crippen LogP contribution in [-0.4, -0.2) is 49.9 Å². The molecule has 0 amide bonds. The highest BCUT2D eigenvalue weighted by atomic mass is 16.4. The topological polar surface area (TPSA) is 131 Å². The molecule has 0 radical (unpaired) electrons. The molecule has 1 aromatic heterocycles. The van der Waals surface area contributed by atoms with E-state index in [0.717, 1.165) is 11.6 Å². The van der Waals surface area contributed by atoms with Gasteiger partial charge in [0.1, 0.15) is 11.5 Å². The second-order valence-electron chi connectivity index (χ2n) is 6.87. The van der Waals surface area contributed by atoms with Crippen LogP contribution < -0.4 is 5.63 Å². The largest absolute Gasteiger partial charge is 0.508 e. The van der Waals surface area contributed by atoms with Gasteiger partial charge >= 0.3 is 5.63 Å². The van der Waals surface area contributed by atoms with Crippen LogP contribution in [0.25, 0.3) is 0 Å². The van der Waals surface area contributed by atoms with Gasteiger partial charge < -0.3 is 29.9 Å². The maximum Gasteiger partial charge on any atom is 0.339 e. The molecule has 0 aliphatic rings. The minimum absolute atomic E-state index is 0.0168. The van der Waals surface area contributed by atoms with Crippen LogP contribution >= 0.6 is 0 Å². The molecular weight excluding hydrogens is 352 g/mol. The Bertz CT molecular complexity index is 692. The molecule has 0 saturated carbocycles. The van der Waals surface area contributed by atoms with Gasteiger partial charge in [0, 0.05) is 24.8 Å². The van der Waals surface area contributed by atoms with E-state index < -0.39 is 30.0 Å². The van der Waals surface area contributed by atoms with Crippen molar-refractivity contribution in [2.24, 2.45) is 5.92 Å². The summed E-state index contributed by atoms with van der Waals surface area (Å²) in [7, 11) is 0. The van der Waals surface area contributed by atoms with Crippen molar-refractivity contribution in [1.82, 2.24) is 0 Å². The highest BCUT2D eigenvalue weighted by Crippen LogP contribution is 2.16. The zero-order valence-electron chi connectivity index (χ0n) is 15.9. The molecule has 7 heteroatoms.